The van der Waals surface area contributed by atoms with Gasteiger partial charge in [0.2, 0.25) is 29.5 Å². The third kappa shape index (κ3) is 22.0. The molecular formula is C63H87N9O9. The number of nitriles is 1. The number of hydrogen-bond acceptors (Lipinski definition) is 11. The van der Waals surface area contributed by atoms with E-state index in [1.54, 1.807) is 53.3 Å². The van der Waals surface area contributed by atoms with Gasteiger partial charge in [-0.3, -0.25) is 38.5 Å². The monoisotopic (exact) mass is 1110 g/mol. The van der Waals surface area contributed by atoms with Gasteiger partial charge in [0.05, 0.1) is 43.4 Å². The number of carbonyl (C=O) groups excluding carboxylic acids is 7. The predicted molar refractivity (Wildman–Crippen MR) is 315 cm³/mol. The number of nitrogens with zero attached hydrogens (tertiary/aromatic N) is 4. The summed E-state index contributed by atoms with van der Waals surface area (Å²) in [4.78, 5) is 99.8. The van der Waals surface area contributed by atoms with Crippen LogP contribution in [0.2, 0.25) is 0 Å². The van der Waals surface area contributed by atoms with Crippen LogP contribution < -0.4 is 36.1 Å². The lowest BCUT2D eigenvalue weighted by Crippen LogP contribution is -2.47. The van der Waals surface area contributed by atoms with Crippen molar-refractivity contribution in [2.24, 2.45) is 10.8 Å². The topological polar surface area (TPSA) is 241 Å². The van der Waals surface area contributed by atoms with E-state index in [0.29, 0.717) is 111 Å². The number of likely N-dealkylation sites (tertiary alicyclic amines) is 2. The zero-order valence-corrected chi connectivity index (χ0v) is 49.1. The van der Waals surface area contributed by atoms with Crippen molar-refractivity contribution in [1.29, 1.82) is 5.26 Å². The van der Waals surface area contributed by atoms with Gasteiger partial charge in [-0.25, -0.2) is 5.26 Å². The van der Waals surface area contributed by atoms with E-state index in [1.165, 1.54) is 0 Å². The minimum absolute atomic E-state index is 0.0364. The Hall–Kier alpha value is -7.73. The summed E-state index contributed by atoms with van der Waals surface area (Å²) in [5, 5.41) is 21.3. The second-order valence-corrected chi connectivity index (χ2v) is 22.1. The Morgan fingerprint density at radius 2 is 1.49 bits per heavy atom. The lowest BCUT2D eigenvalue weighted by atomic mass is 9.91. The van der Waals surface area contributed by atoms with Crippen molar-refractivity contribution in [2.75, 3.05) is 59.0 Å². The number of pyridine rings is 1. The fourth-order valence-electron chi connectivity index (χ4n) is 9.45. The van der Waals surface area contributed by atoms with E-state index in [1.807, 2.05) is 37.3 Å². The normalized spacial score (nSPS) is 15.6. The third-order valence-corrected chi connectivity index (χ3v) is 14.0. The Kier molecular flexibility index (Phi) is 27.4. The molecule has 81 heavy (non-hydrogen) atoms. The molecule has 0 aliphatic carbocycles. The van der Waals surface area contributed by atoms with Crippen molar-refractivity contribution in [3.8, 4) is 29.9 Å². The van der Waals surface area contributed by atoms with Gasteiger partial charge >= 0.3 is 0 Å². The summed E-state index contributed by atoms with van der Waals surface area (Å²) in [7, 11) is 0. The molecule has 0 saturated carbocycles. The second-order valence-electron chi connectivity index (χ2n) is 22.1. The molecule has 2 aliphatic heterocycles. The highest BCUT2D eigenvalue weighted by Crippen LogP contribution is 2.34. The molecule has 3 heterocycles. The summed E-state index contributed by atoms with van der Waals surface area (Å²) in [6.07, 6.45) is 15.3. The lowest BCUT2D eigenvalue weighted by Gasteiger charge is -2.22. The Balaban J connectivity index is 0.00000697. The van der Waals surface area contributed by atoms with Crippen LogP contribution in [0.5, 0.6) is 11.5 Å². The summed E-state index contributed by atoms with van der Waals surface area (Å²) in [6, 6.07) is 11.5. The first-order chi connectivity index (χ1) is 38.8. The molecule has 2 fully saturated rings. The molecule has 3 aromatic rings. The number of nitrogens with one attached hydrogen (secondary N) is 5. The molecule has 0 bridgehead atoms. The number of unbranched alkanes of at least 4 members (excludes halogenated alkanes) is 4. The van der Waals surface area contributed by atoms with Crippen molar-refractivity contribution in [2.45, 2.75) is 151 Å². The fraction of sp³-hybridized carbons (Fsp3) is 0.540. The van der Waals surface area contributed by atoms with Crippen LogP contribution in [0.1, 0.15) is 153 Å². The van der Waals surface area contributed by atoms with Crippen molar-refractivity contribution < 1.29 is 43.0 Å². The van der Waals surface area contributed by atoms with Crippen LogP contribution in [0, 0.1) is 41.4 Å². The van der Waals surface area contributed by atoms with Gasteiger partial charge in [-0.2, -0.15) is 0 Å². The molecular weight excluding hydrogens is 1030 g/mol. The molecule has 2 atom stereocenters. The number of ether oxygens (including phenoxy) is 2. The highest BCUT2D eigenvalue weighted by molar-refractivity contribution is 6.20. The Morgan fingerprint density at radius 3 is 2.17 bits per heavy atom. The zero-order valence-electron chi connectivity index (χ0n) is 49.1. The first-order valence-corrected chi connectivity index (χ1v) is 28.7. The van der Waals surface area contributed by atoms with Gasteiger partial charge in [0.1, 0.15) is 17.5 Å². The minimum Gasteiger partial charge on any atom is -0.494 e. The average molecular weight is 1110 g/mol. The highest BCUT2D eigenvalue weighted by atomic mass is 16.5. The van der Waals surface area contributed by atoms with Crippen LogP contribution in [0.25, 0.3) is 16.5 Å². The number of rotatable bonds is 29. The number of aryl methyl sites for hydroxylation is 1. The molecule has 2 saturated heterocycles. The van der Waals surface area contributed by atoms with E-state index in [-0.39, 0.29) is 90.6 Å². The molecule has 18 heteroatoms. The molecule has 5 rings (SSSR count). The van der Waals surface area contributed by atoms with E-state index >= 15 is 0 Å². The van der Waals surface area contributed by atoms with Crippen LogP contribution >= 0.6 is 0 Å². The smallest absolute Gasteiger partial charge is 0.252 e. The second kappa shape index (κ2) is 33.8. The molecule has 18 nitrogen and oxygen atoms in total. The number of carbonyl (C=O) groups is 7. The Labute approximate surface area is 480 Å². The average Bonchev–Trinajstić information content (AvgIpc) is 4.00. The summed E-state index contributed by atoms with van der Waals surface area (Å²) in [5.41, 5.74) is 2.99. The maximum Gasteiger partial charge on any atom is 0.252 e. The van der Waals surface area contributed by atoms with Crippen LogP contribution in [-0.2, 0) is 28.8 Å². The van der Waals surface area contributed by atoms with Crippen LogP contribution in [0.4, 0.5) is 0 Å². The SMILES string of the molecule is C#N.CCCC#CC1CC(C)(C)CN1C(=O)CNC(=O)/C(=C/C=C/CCC)c1cc(OCCCCNC(=O)C(CCC(=O)NCCCCOc2ccc3nccc(C(=O)NCC(=O)N4CCC(C)(C)C4)c3c2)NC(=O)CC)ccc1C. The lowest BCUT2D eigenvalue weighted by molar-refractivity contribution is -0.132. The zero-order chi connectivity index (χ0) is 59.4. The van der Waals surface area contributed by atoms with Gasteiger partial charge in [-0.05, 0) is 129 Å². The van der Waals surface area contributed by atoms with E-state index in [0.717, 1.165) is 44.1 Å². The van der Waals surface area contributed by atoms with Gasteiger partial charge in [-0.1, -0.05) is 79.0 Å². The molecule has 438 valence electrons. The maximum atomic E-state index is 13.9. The van der Waals surface area contributed by atoms with Gasteiger partial charge in [-0.15, -0.1) is 5.92 Å². The van der Waals surface area contributed by atoms with Crippen LogP contribution in [0.3, 0.4) is 0 Å². The molecule has 2 aliphatic rings. The third-order valence-electron chi connectivity index (χ3n) is 14.0. The standard InChI is InChI=1S/C62H86N8O9.CHN/c1-9-12-14-16-22-48(58(75)67-41-57(74)70-43-62(7,8)39-45(70)21-15-13-10-2)50-37-46(24-23-44(50)4)78-36-20-18-32-65-60(77)53(68-54(71)11-3)27-28-55(72)64-31-17-19-35-79-47-25-26-52-51(38-47)49(29-33-63-52)59(76)66-40-56(73)69-34-30-61(5,6)42-69;1-2/h14,16,22-26,29,33,37-38,45,53H,9-13,17-20,27-28,30-32,34-36,39-43H2,1-8H3,(H,64,72)(H,65,77)(H,66,76)(H,67,75)(H,68,71);1H/b16-14+,48-22+;. The Bertz CT molecular complexity index is 2770. The number of hydrogen-bond donors (Lipinski definition) is 5. The van der Waals surface area contributed by atoms with E-state index < -0.39 is 6.04 Å². The Morgan fingerprint density at radius 1 is 0.802 bits per heavy atom. The molecule has 2 unspecified atom stereocenters. The van der Waals surface area contributed by atoms with Crippen molar-refractivity contribution in [1.82, 2.24) is 41.4 Å². The summed E-state index contributed by atoms with van der Waals surface area (Å²) < 4.78 is 12.1. The number of benzene rings is 2. The summed E-state index contributed by atoms with van der Waals surface area (Å²) in [5.74, 6) is 5.72. The largest absolute Gasteiger partial charge is 0.494 e. The van der Waals surface area contributed by atoms with E-state index in [9.17, 15) is 33.6 Å². The molecule has 0 radical (unpaired) electrons. The number of amides is 7. The first kappa shape index (κ1) is 65.8. The van der Waals surface area contributed by atoms with Gasteiger partial charge in [0.15, 0.2) is 0 Å². The van der Waals surface area contributed by atoms with Crippen molar-refractivity contribution >= 4 is 57.8 Å². The van der Waals surface area contributed by atoms with Gasteiger partial charge < -0.3 is 45.9 Å². The quantitative estimate of drug-likeness (QED) is 0.0194. The number of allylic oxidation sites excluding steroid dienone is 3. The maximum absolute atomic E-state index is 13.9. The summed E-state index contributed by atoms with van der Waals surface area (Å²) >= 11 is 0. The van der Waals surface area contributed by atoms with E-state index in [4.69, 9.17) is 14.7 Å². The van der Waals surface area contributed by atoms with Gasteiger partial charge in [0.25, 0.3) is 11.8 Å². The van der Waals surface area contributed by atoms with Crippen molar-refractivity contribution in [3.05, 3.63) is 83.6 Å². The van der Waals surface area contributed by atoms with E-state index in [2.05, 4.69) is 91.5 Å². The minimum atomic E-state index is -0.883. The van der Waals surface area contributed by atoms with Crippen LogP contribution in [-0.4, -0.2) is 127 Å². The van der Waals surface area contributed by atoms with Crippen molar-refractivity contribution in [3.63, 3.8) is 0 Å². The molecule has 0 spiro atoms. The van der Waals surface area contributed by atoms with Gasteiger partial charge in [0, 0.05) is 75.7 Å². The van der Waals surface area contributed by atoms with Crippen LogP contribution in [0.15, 0.2) is 66.9 Å². The molecule has 2 aromatic carbocycles. The molecule has 7 amide bonds. The highest BCUT2D eigenvalue weighted by Gasteiger charge is 2.39. The predicted octanol–water partition coefficient (Wildman–Crippen LogP) is 7.88. The summed E-state index contributed by atoms with van der Waals surface area (Å²) in [6.45, 7) is 22.9. The molecule has 1 aromatic heterocycles. The fourth-order valence-corrected chi connectivity index (χ4v) is 9.45. The molecule has 5 N–H and O–H groups in total. The first-order valence-electron chi connectivity index (χ1n) is 28.7. The number of fused-ring (bicyclic) bond motifs is 1. The number of aromatic nitrogens is 1.